The molecule has 0 unspecified atom stereocenters. The minimum absolute atomic E-state index is 0.0126. The second-order valence-corrected chi connectivity index (χ2v) is 9.59. The number of aromatic nitrogens is 2. The van der Waals surface area contributed by atoms with Crippen molar-refractivity contribution in [3.05, 3.63) is 104 Å². The largest absolute Gasteiger partial charge is 0.490 e. The average Bonchev–Trinajstić information content (AvgIpc) is 3.16. The number of rotatable bonds is 9. The molecule has 0 aliphatic rings. The molecular weight excluding hydrogens is 597 g/mol. The van der Waals surface area contributed by atoms with E-state index in [1.54, 1.807) is 80.2 Å². The smallest absolute Gasteiger partial charge is 0.329 e. The molecule has 4 aromatic rings. The van der Waals surface area contributed by atoms with Crippen molar-refractivity contribution < 1.29 is 23.5 Å². The van der Waals surface area contributed by atoms with E-state index in [0.717, 1.165) is 0 Å². The molecule has 1 aromatic heterocycles. The van der Waals surface area contributed by atoms with Gasteiger partial charge in [0.2, 0.25) is 0 Å². The Morgan fingerprint density at radius 1 is 1.05 bits per heavy atom. The Hall–Kier alpha value is -4.71. The summed E-state index contributed by atoms with van der Waals surface area (Å²) in [5.74, 6) is -1.76. The quantitative estimate of drug-likeness (QED) is 0.162. The number of carbonyl (C=O) groups is 2. The van der Waals surface area contributed by atoms with Gasteiger partial charge in [0.25, 0.3) is 5.56 Å². The van der Waals surface area contributed by atoms with E-state index in [-0.39, 0.29) is 18.1 Å². The average molecular weight is 624 g/mol. The fourth-order valence-corrected chi connectivity index (χ4v) is 4.50. The number of hydrogen-bond acceptors (Lipinski definition) is 6. The number of halogens is 2. The van der Waals surface area contributed by atoms with Gasteiger partial charge in [0.1, 0.15) is 18.1 Å². The van der Waals surface area contributed by atoms with Crippen LogP contribution in [0.1, 0.15) is 23.7 Å². The second-order valence-electron chi connectivity index (χ2n) is 8.73. The van der Waals surface area contributed by atoms with Gasteiger partial charge in [0.05, 0.1) is 28.7 Å². The van der Waals surface area contributed by atoms with Gasteiger partial charge >= 0.3 is 11.8 Å². The molecule has 2 amide bonds. The van der Waals surface area contributed by atoms with E-state index < -0.39 is 17.4 Å². The van der Waals surface area contributed by atoms with Crippen molar-refractivity contribution in [3.63, 3.8) is 0 Å². The Morgan fingerprint density at radius 3 is 2.46 bits per heavy atom. The van der Waals surface area contributed by atoms with Gasteiger partial charge in [-0.25, -0.2) is 14.5 Å². The lowest BCUT2D eigenvalue weighted by molar-refractivity contribution is -0.136. The van der Waals surface area contributed by atoms with Gasteiger partial charge in [0.15, 0.2) is 11.5 Å². The van der Waals surface area contributed by atoms with Crippen molar-refractivity contribution in [2.24, 2.45) is 12.1 Å². The molecule has 12 heteroatoms. The fraction of sp³-hybridized carbons (Fsp3) is 0.172. The number of hydrazone groups is 1. The third-order valence-electron chi connectivity index (χ3n) is 6.04. The third kappa shape index (κ3) is 6.72. The minimum Gasteiger partial charge on any atom is -0.490 e. The number of hydrogen-bond donors (Lipinski definition) is 2. The highest BCUT2D eigenvalue weighted by Crippen LogP contribution is 2.37. The van der Waals surface area contributed by atoms with Gasteiger partial charge in [-0.2, -0.15) is 5.10 Å². The van der Waals surface area contributed by atoms with Crippen LogP contribution in [-0.2, 0) is 23.2 Å². The molecule has 0 bridgehead atoms. The zero-order chi connectivity index (χ0) is 29.5. The molecule has 1 heterocycles. The Kier molecular flexibility index (Phi) is 9.35. The van der Waals surface area contributed by atoms with Gasteiger partial charge in [-0.3, -0.25) is 19.1 Å². The van der Waals surface area contributed by atoms with Crippen molar-refractivity contribution in [1.82, 2.24) is 14.8 Å². The summed E-state index contributed by atoms with van der Waals surface area (Å²) in [6.07, 6.45) is 1.31. The maximum absolute atomic E-state index is 14.0. The van der Waals surface area contributed by atoms with E-state index >= 15 is 0 Å². The monoisotopic (exact) mass is 623 g/mol. The van der Waals surface area contributed by atoms with Crippen LogP contribution < -0.4 is 25.8 Å². The standard InChI is InChI=1S/C29H27BrFN5O5/c1-4-40-24-15-19(14-22(30)26(24)41-17-20-10-8-9-13-23(20)31)16-32-34-28(38)27(37)33-25-18(2)35(3)36(29(25)39)21-11-6-5-7-12-21/h5-16H,4,17H2,1-3H3,(H,33,37)(H,34,38)/b32-16+. The van der Waals surface area contributed by atoms with Crippen molar-refractivity contribution >= 4 is 39.6 Å². The molecule has 0 aliphatic heterocycles. The summed E-state index contributed by atoms with van der Waals surface area (Å²) < 4.78 is 29.0. The molecule has 0 saturated heterocycles. The Labute approximate surface area is 243 Å². The molecule has 2 N–H and O–H groups in total. The molecule has 0 saturated carbocycles. The molecule has 10 nitrogen and oxygen atoms in total. The second kappa shape index (κ2) is 13.1. The van der Waals surface area contributed by atoms with Crippen LogP contribution in [0, 0.1) is 12.7 Å². The van der Waals surface area contributed by atoms with Gasteiger partial charge in [-0.05, 0) is 65.7 Å². The topological polar surface area (TPSA) is 116 Å². The highest BCUT2D eigenvalue weighted by molar-refractivity contribution is 9.10. The van der Waals surface area contributed by atoms with E-state index in [4.69, 9.17) is 9.47 Å². The number of nitrogens with zero attached hydrogens (tertiary/aromatic N) is 3. The number of nitrogens with one attached hydrogen (secondary N) is 2. The van der Waals surface area contributed by atoms with E-state index in [1.165, 1.54) is 17.0 Å². The lowest BCUT2D eigenvalue weighted by atomic mass is 10.2. The molecule has 212 valence electrons. The SMILES string of the molecule is CCOc1cc(/C=N/NC(=O)C(=O)Nc2c(C)n(C)n(-c3ccccc3)c2=O)cc(Br)c1OCc1ccccc1F. The Bertz CT molecular complexity index is 1670. The predicted molar refractivity (Wildman–Crippen MR) is 156 cm³/mol. The number of ether oxygens (including phenoxy) is 2. The van der Waals surface area contributed by atoms with Crippen molar-refractivity contribution in [2.45, 2.75) is 20.5 Å². The van der Waals surface area contributed by atoms with Crippen LogP contribution >= 0.6 is 15.9 Å². The maximum Gasteiger partial charge on any atom is 0.329 e. The zero-order valence-corrected chi connectivity index (χ0v) is 24.1. The van der Waals surface area contributed by atoms with Gasteiger partial charge < -0.3 is 14.8 Å². The Balaban J connectivity index is 1.44. The molecule has 0 aliphatic carbocycles. The van der Waals surface area contributed by atoms with Crippen LogP contribution in [0.4, 0.5) is 10.1 Å². The van der Waals surface area contributed by atoms with E-state index in [9.17, 15) is 18.8 Å². The zero-order valence-electron chi connectivity index (χ0n) is 22.5. The van der Waals surface area contributed by atoms with E-state index in [1.807, 2.05) is 6.07 Å². The molecule has 41 heavy (non-hydrogen) atoms. The molecule has 0 radical (unpaired) electrons. The molecular formula is C29H27BrFN5O5. The highest BCUT2D eigenvalue weighted by atomic mass is 79.9. The van der Waals surface area contributed by atoms with Crippen LogP contribution in [0.2, 0.25) is 0 Å². The molecule has 0 atom stereocenters. The van der Waals surface area contributed by atoms with E-state index in [2.05, 4.69) is 31.8 Å². The van der Waals surface area contributed by atoms with Crippen molar-refractivity contribution in [2.75, 3.05) is 11.9 Å². The number of benzene rings is 3. The summed E-state index contributed by atoms with van der Waals surface area (Å²) in [4.78, 5) is 37.9. The van der Waals surface area contributed by atoms with Gasteiger partial charge in [-0.1, -0.05) is 36.4 Å². The lowest BCUT2D eigenvalue weighted by Crippen LogP contribution is -2.34. The summed E-state index contributed by atoms with van der Waals surface area (Å²) in [5, 5.41) is 6.24. The Morgan fingerprint density at radius 2 is 1.76 bits per heavy atom. The third-order valence-corrected chi connectivity index (χ3v) is 6.63. The van der Waals surface area contributed by atoms with Crippen LogP contribution in [-0.4, -0.2) is 34.0 Å². The summed E-state index contributed by atoms with van der Waals surface area (Å²) in [6.45, 7) is 3.79. The van der Waals surface area contributed by atoms with E-state index in [0.29, 0.717) is 45.1 Å². The summed E-state index contributed by atoms with van der Waals surface area (Å²) in [6, 6.07) is 18.5. The summed E-state index contributed by atoms with van der Waals surface area (Å²) in [5.41, 5.74) is 3.64. The summed E-state index contributed by atoms with van der Waals surface area (Å²) >= 11 is 3.43. The number of carbonyl (C=O) groups excluding carboxylic acids is 2. The number of para-hydroxylation sites is 1. The maximum atomic E-state index is 14.0. The van der Waals surface area contributed by atoms with Crippen LogP contribution in [0.3, 0.4) is 0 Å². The predicted octanol–water partition coefficient (Wildman–Crippen LogP) is 4.45. The molecule has 4 rings (SSSR count). The van der Waals surface area contributed by atoms with Gasteiger partial charge in [-0.15, -0.1) is 0 Å². The fourth-order valence-electron chi connectivity index (χ4n) is 3.93. The summed E-state index contributed by atoms with van der Waals surface area (Å²) in [7, 11) is 1.68. The molecule has 0 spiro atoms. The first-order chi connectivity index (χ1) is 19.7. The lowest BCUT2D eigenvalue weighted by Gasteiger charge is -2.15. The number of anilines is 1. The first kappa shape index (κ1) is 29.3. The van der Waals surface area contributed by atoms with Crippen LogP contribution in [0.25, 0.3) is 5.69 Å². The molecule has 3 aromatic carbocycles. The minimum atomic E-state index is -1.07. The first-order valence-corrected chi connectivity index (χ1v) is 13.3. The van der Waals surface area contributed by atoms with Crippen LogP contribution in [0.15, 0.2) is 81.1 Å². The molecule has 0 fully saturated rings. The first-order valence-electron chi connectivity index (χ1n) is 12.5. The van der Waals surface area contributed by atoms with Crippen molar-refractivity contribution in [3.8, 4) is 17.2 Å². The normalized spacial score (nSPS) is 11.0. The van der Waals surface area contributed by atoms with Crippen molar-refractivity contribution in [1.29, 1.82) is 0 Å². The van der Waals surface area contributed by atoms with Gasteiger partial charge in [0, 0.05) is 12.6 Å². The highest BCUT2D eigenvalue weighted by Gasteiger charge is 2.21. The van der Waals surface area contributed by atoms with Crippen LogP contribution in [0.5, 0.6) is 11.5 Å². The number of amides is 2.